The van der Waals surface area contributed by atoms with Gasteiger partial charge >= 0.3 is 5.97 Å². The van der Waals surface area contributed by atoms with Crippen molar-refractivity contribution >= 4 is 24.6 Å². The molecule has 0 bridgehead atoms. The third-order valence-corrected chi connectivity index (χ3v) is 2.53. The van der Waals surface area contributed by atoms with Crippen LogP contribution >= 0.6 is 12.6 Å². The van der Waals surface area contributed by atoms with Gasteiger partial charge in [0.15, 0.2) is 5.96 Å². The van der Waals surface area contributed by atoms with E-state index in [9.17, 15) is 4.79 Å². The third-order valence-electron chi connectivity index (χ3n) is 2.00. The topological polar surface area (TPSA) is 140 Å². The predicted octanol–water partition coefficient (Wildman–Crippen LogP) is -1.15. The molecule has 8 N–H and O–H groups in total. The Labute approximate surface area is 106 Å². The predicted molar refractivity (Wildman–Crippen MR) is 70.3 cm³/mol. The lowest BCUT2D eigenvalue weighted by Crippen LogP contribution is -2.43. The van der Waals surface area contributed by atoms with Crippen LogP contribution in [0.25, 0.3) is 0 Å². The number of nitrogens with one attached hydrogen (secondary N) is 1. The lowest BCUT2D eigenvalue weighted by atomic mass is 10.1. The summed E-state index contributed by atoms with van der Waals surface area (Å²) in [6.07, 6.45) is 0.949. The first-order chi connectivity index (χ1) is 7.84. The Kier molecular flexibility index (Phi) is 7.68. The molecule has 0 amide bonds. The molecule has 0 aliphatic carbocycles. The Morgan fingerprint density at radius 1 is 1.53 bits per heavy atom. The smallest absolute Gasteiger partial charge is 0.320 e. The second-order valence-corrected chi connectivity index (χ2v) is 4.14. The van der Waals surface area contributed by atoms with Crippen LogP contribution in [0.5, 0.6) is 0 Å². The lowest BCUT2D eigenvalue weighted by molar-refractivity contribution is -0.139. The molecular formula is C9H20N5O2S. The number of rotatable bonds is 8. The summed E-state index contributed by atoms with van der Waals surface area (Å²) < 4.78 is 0. The van der Waals surface area contributed by atoms with Crippen molar-refractivity contribution in [2.24, 2.45) is 22.2 Å². The Balaban J connectivity index is 4.08. The third kappa shape index (κ3) is 7.83. The zero-order valence-electron chi connectivity index (χ0n) is 9.76. The molecule has 0 rings (SSSR count). The van der Waals surface area contributed by atoms with E-state index in [2.05, 4.69) is 22.9 Å². The van der Waals surface area contributed by atoms with E-state index in [1.165, 1.54) is 0 Å². The SMILES string of the molecule is C[C@H](N)[C](S)N[C@@H](CCCN=C(N)N)C(=O)O. The summed E-state index contributed by atoms with van der Waals surface area (Å²) in [4.78, 5) is 14.7. The van der Waals surface area contributed by atoms with Crippen LogP contribution in [0.2, 0.25) is 0 Å². The molecule has 0 aromatic heterocycles. The fraction of sp³-hybridized carbons (Fsp3) is 0.667. The summed E-state index contributed by atoms with van der Waals surface area (Å²) in [5.41, 5.74) is 15.9. The number of nitrogens with zero attached hydrogens (tertiary/aromatic N) is 1. The molecule has 0 aliphatic rings. The molecule has 0 saturated heterocycles. The molecule has 1 radical (unpaired) electrons. The van der Waals surface area contributed by atoms with Crippen LogP contribution in [-0.2, 0) is 4.79 Å². The van der Waals surface area contributed by atoms with E-state index < -0.39 is 12.0 Å². The van der Waals surface area contributed by atoms with Crippen LogP contribution in [0.4, 0.5) is 0 Å². The molecule has 2 atom stereocenters. The minimum atomic E-state index is -0.957. The molecule has 0 heterocycles. The standard InChI is InChI=1S/C9H20N5O2S/c1-5(10)7(17)14-6(8(15)16)3-2-4-13-9(11)12/h5-6,14,17H,2-4,10H2,1H3,(H,15,16)(H4,11,12,13)/t5-,6-/m0/s1. The Hall–Kier alpha value is -0.990. The van der Waals surface area contributed by atoms with Gasteiger partial charge in [0, 0.05) is 12.6 Å². The number of carboxylic acids is 1. The van der Waals surface area contributed by atoms with Gasteiger partial charge in [-0.2, -0.15) is 12.6 Å². The average molecular weight is 262 g/mol. The zero-order chi connectivity index (χ0) is 13.4. The number of carbonyl (C=O) groups is 1. The van der Waals surface area contributed by atoms with Crippen LogP contribution in [0, 0.1) is 5.37 Å². The average Bonchev–Trinajstić information content (AvgIpc) is 2.21. The minimum absolute atomic E-state index is 0.00172. The van der Waals surface area contributed by atoms with Crippen LogP contribution in [-0.4, -0.2) is 35.7 Å². The van der Waals surface area contributed by atoms with E-state index in [0.29, 0.717) is 24.8 Å². The second-order valence-electron chi connectivity index (χ2n) is 3.66. The molecule has 7 nitrogen and oxygen atoms in total. The quantitative estimate of drug-likeness (QED) is 0.141. The van der Waals surface area contributed by atoms with Gasteiger partial charge < -0.3 is 22.3 Å². The highest BCUT2D eigenvalue weighted by Crippen LogP contribution is 2.09. The van der Waals surface area contributed by atoms with Crippen molar-refractivity contribution in [3.8, 4) is 0 Å². The Morgan fingerprint density at radius 2 is 2.12 bits per heavy atom. The molecule has 0 spiro atoms. The molecule has 0 fully saturated rings. The molecular weight excluding hydrogens is 242 g/mol. The Morgan fingerprint density at radius 3 is 2.53 bits per heavy atom. The highest BCUT2D eigenvalue weighted by molar-refractivity contribution is 7.83. The number of carboxylic acid groups (broad SMARTS) is 1. The fourth-order valence-corrected chi connectivity index (χ4v) is 1.23. The number of thiol groups is 1. The first kappa shape index (κ1) is 16.0. The van der Waals surface area contributed by atoms with Crippen molar-refractivity contribution in [3.63, 3.8) is 0 Å². The van der Waals surface area contributed by atoms with Gasteiger partial charge in [0.05, 0.1) is 0 Å². The molecule has 17 heavy (non-hydrogen) atoms. The second kappa shape index (κ2) is 8.15. The van der Waals surface area contributed by atoms with E-state index in [4.69, 9.17) is 22.3 Å². The number of hydrogen-bond acceptors (Lipinski definition) is 5. The van der Waals surface area contributed by atoms with Crippen molar-refractivity contribution in [2.75, 3.05) is 6.54 Å². The summed E-state index contributed by atoms with van der Waals surface area (Å²) in [7, 11) is 0. The molecule has 99 valence electrons. The first-order valence-corrected chi connectivity index (χ1v) is 5.65. The lowest BCUT2D eigenvalue weighted by Gasteiger charge is -2.20. The van der Waals surface area contributed by atoms with Gasteiger partial charge in [-0.25, -0.2) is 0 Å². The maximum atomic E-state index is 10.9. The molecule has 0 aromatic rings. The zero-order valence-corrected chi connectivity index (χ0v) is 10.7. The maximum absolute atomic E-state index is 10.9. The molecule has 0 aliphatic heterocycles. The molecule has 0 saturated carbocycles. The van der Waals surface area contributed by atoms with Gasteiger partial charge in [-0.1, -0.05) is 0 Å². The van der Waals surface area contributed by atoms with Crippen LogP contribution in [0.1, 0.15) is 19.8 Å². The van der Waals surface area contributed by atoms with Crippen molar-refractivity contribution < 1.29 is 9.90 Å². The molecule has 0 unspecified atom stereocenters. The fourth-order valence-electron chi connectivity index (χ4n) is 1.07. The van der Waals surface area contributed by atoms with Crippen LogP contribution in [0.15, 0.2) is 4.99 Å². The van der Waals surface area contributed by atoms with E-state index >= 15 is 0 Å². The number of nitrogens with two attached hydrogens (primary N) is 3. The van der Waals surface area contributed by atoms with Crippen LogP contribution < -0.4 is 22.5 Å². The molecule has 0 aromatic carbocycles. The largest absolute Gasteiger partial charge is 0.480 e. The summed E-state index contributed by atoms with van der Waals surface area (Å²) in [5, 5.41) is 12.2. The summed E-state index contributed by atoms with van der Waals surface area (Å²) in [6.45, 7) is 2.11. The van der Waals surface area contributed by atoms with Gasteiger partial charge in [-0.15, -0.1) is 0 Å². The monoisotopic (exact) mass is 262 g/mol. The van der Waals surface area contributed by atoms with E-state index in [-0.39, 0.29) is 12.0 Å². The highest BCUT2D eigenvalue weighted by Gasteiger charge is 2.21. The van der Waals surface area contributed by atoms with Crippen molar-refractivity contribution in [1.29, 1.82) is 0 Å². The van der Waals surface area contributed by atoms with Crippen molar-refractivity contribution in [3.05, 3.63) is 5.37 Å². The van der Waals surface area contributed by atoms with E-state index in [0.717, 1.165) is 0 Å². The minimum Gasteiger partial charge on any atom is -0.480 e. The number of guanidine groups is 1. The maximum Gasteiger partial charge on any atom is 0.320 e. The van der Waals surface area contributed by atoms with Gasteiger partial charge in [-0.05, 0) is 19.8 Å². The summed E-state index contributed by atoms with van der Waals surface area (Å²) in [6, 6.07) is -1.06. The van der Waals surface area contributed by atoms with Crippen LogP contribution in [0.3, 0.4) is 0 Å². The normalized spacial score (nSPS) is 14.4. The molecule has 8 heteroatoms. The number of aliphatic carboxylic acids is 1. The number of aliphatic imine (C=N–C) groups is 1. The number of hydrogen-bond donors (Lipinski definition) is 6. The van der Waals surface area contributed by atoms with Gasteiger partial charge in [0.2, 0.25) is 0 Å². The first-order valence-electron chi connectivity index (χ1n) is 5.20. The summed E-state index contributed by atoms with van der Waals surface area (Å²) >= 11 is 4.09. The Bertz CT molecular complexity index is 268. The summed E-state index contributed by atoms with van der Waals surface area (Å²) in [5.74, 6) is -0.955. The van der Waals surface area contributed by atoms with Crippen molar-refractivity contribution in [1.82, 2.24) is 5.32 Å². The van der Waals surface area contributed by atoms with Gasteiger partial charge in [0.1, 0.15) is 11.4 Å². The van der Waals surface area contributed by atoms with Crippen molar-refractivity contribution in [2.45, 2.75) is 31.8 Å². The van der Waals surface area contributed by atoms with E-state index in [1.807, 2.05) is 0 Å². The van der Waals surface area contributed by atoms with Gasteiger partial charge in [-0.3, -0.25) is 15.1 Å². The van der Waals surface area contributed by atoms with Gasteiger partial charge in [0.25, 0.3) is 0 Å². The van der Waals surface area contributed by atoms with E-state index in [1.54, 1.807) is 6.92 Å². The highest BCUT2D eigenvalue weighted by atomic mass is 32.1.